The molecule has 1 fully saturated rings. The van der Waals surface area contributed by atoms with Crippen LogP contribution in [-0.2, 0) is 9.47 Å². The van der Waals surface area contributed by atoms with Gasteiger partial charge in [-0.15, -0.1) is 0 Å². The number of nitrogens with two attached hydrogens (primary N) is 1. The van der Waals surface area contributed by atoms with Crippen molar-refractivity contribution < 1.29 is 14.3 Å². The average molecular weight is 307 g/mol. The number of hydrogen-bond acceptors (Lipinski definition) is 5. The molecule has 1 amide bonds. The van der Waals surface area contributed by atoms with E-state index in [-0.39, 0.29) is 6.10 Å². The Kier molecular flexibility index (Phi) is 6.48. The van der Waals surface area contributed by atoms with Crippen molar-refractivity contribution in [2.75, 3.05) is 39.1 Å². The fourth-order valence-electron chi connectivity index (χ4n) is 2.79. The molecule has 0 aromatic heterocycles. The first-order valence-electron chi connectivity index (χ1n) is 7.70. The van der Waals surface area contributed by atoms with E-state index in [1.165, 1.54) is 7.11 Å². The second-order valence-electron chi connectivity index (χ2n) is 5.49. The zero-order valence-corrected chi connectivity index (χ0v) is 13.0. The van der Waals surface area contributed by atoms with Gasteiger partial charge in [-0.05, 0) is 37.1 Å². The fraction of sp³-hybridized carbons (Fsp3) is 0.562. The molecule has 22 heavy (non-hydrogen) atoms. The lowest BCUT2D eigenvalue weighted by Gasteiger charge is -2.31. The molecular formula is C16H25N3O3. The summed E-state index contributed by atoms with van der Waals surface area (Å²) in [4.78, 5) is 11.1. The van der Waals surface area contributed by atoms with Crippen LogP contribution in [0.1, 0.15) is 24.5 Å². The Hall–Kier alpha value is -1.79. The van der Waals surface area contributed by atoms with Crippen molar-refractivity contribution in [3.63, 3.8) is 0 Å². The van der Waals surface area contributed by atoms with E-state index in [1.54, 1.807) is 0 Å². The topological polar surface area (TPSA) is 85.6 Å². The first-order chi connectivity index (χ1) is 10.7. The number of anilines is 1. The fourth-order valence-corrected chi connectivity index (χ4v) is 2.79. The summed E-state index contributed by atoms with van der Waals surface area (Å²) >= 11 is 0. The van der Waals surface area contributed by atoms with Gasteiger partial charge < -0.3 is 25.8 Å². The van der Waals surface area contributed by atoms with Gasteiger partial charge in [-0.3, -0.25) is 0 Å². The zero-order chi connectivity index (χ0) is 15.8. The zero-order valence-electron chi connectivity index (χ0n) is 13.0. The van der Waals surface area contributed by atoms with Crippen LogP contribution in [0.25, 0.3) is 0 Å². The number of rotatable bonds is 6. The van der Waals surface area contributed by atoms with Crippen molar-refractivity contribution in [1.82, 2.24) is 10.6 Å². The number of carbonyl (C=O) groups excluding carboxylic acids is 1. The highest BCUT2D eigenvalue weighted by atomic mass is 16.5. The minimum absolute atomic E-state index is 0.0178. The van der Waals surface area contributed by atoms with Gasteiger partial charge in [0.2, 0.25) is 0 Å². The maximum Gasteiger partial charge on any atom is 0.406 e. The summed E-state index contributed by atoms with van der Waals surface area (Å²) < 4.78 is 10.6. The first kappa shape index (κ1) is 16.6. The predicted molar refractivity (Wildman–Crippen MR) is 85.5 cm³/mol. The summed E-state index contributed by atoms with van der Waals surface area (Å²) in [6.07, 6.45) is 1.81. The number of methoxy groups -OCH3 is 1. The first-order valence-corrected chi connectivity index (χ1v) is 7.70. The number of piperidine rings is 1. The Labute approximate surface area is 131 Å². The molecule has 4 N–H and O–H groups in total. The van der Waals surface area contributed by atoms with Gasteiger partial charge in [-0.1, -0.05) is 12.1 Å². The lowest BCUT2D eigenvalue weighted by Crippen LogP contribution is -2.35. The second-order valence-corrected chi connectivity index (χ2v) is 5.49. The van der Waals surface area contributed by atoms with Gasteiger partial charge in [0.15, 0.2) is 0 Å². The Morgan fingerprint density at radius 1 is 1.55 bits per heavy atom. The monoisotopic (exact) mass is 307 g/mol. The van der Waals surface area contributed by atoms with Crippen molar-refractivity contribution in [1.29, 1.82) is 0 Å². The van der Waals surface area contributed by atoms with Crippen LogP contribution >= 0.6 is 0 Å². The molecule has 6 heteroatoms. The highest BCUT2D eigenvalue weighted by Crippen LogP contribution is 2.31. The summed E-state index contributed by atoms with van der Waals surface area (Å²) in [5.41, 5.74) is 7.72. The molecule has 1 aliphatic heterocycles. The van der Waals surface area contributed by atoms with E-state index in [1.807, 2.05) is 24.3 Å². The van der Waals surface area contributed by atoms with E-state index in [9.17, 15) is 4.79 Å². The number of nitrogens with one attached hydrogen (secondary N) is 2. The number of hydrogen-bond donors (Lipinski definition) is 3. The van der Waals surface area contributed by atoms with Crippen LogP contribution in [0.3, 0.4) is 0 Å². The highest BCUT2D eigenvalue weighted by Gasteiger charge is 2.25. The molecule has 1 heterocycles. The highest BCUT2D eigenvalue weighted by molar-refractivity contribution is 5.66. The molecule has 6 nitrogen and oxygen atoms in total. The molecule has 1 aliphatic rings. The van der Waals surface area contributed by atoms with E-state index >= 15 is 0 Å². The van der Waals surface area contributed by atoms with Crippen LogP contribution in [0.15, 0.2) is 24.3 Å². The van der Waals surface area contributed by atoms with Crippen LogP contribution < -0.4 is 16.4 Å². The average Bonchev–Trinajstić information content (AvgIpc) is 2.55. The SMILES string of the molecule is COC(=O)NCCO[C@@H](c1cccc(N)c1)[C@@H]1CCCNC1. The van der Waals surface area contributed by atoms with Crippen molar-refractivity contribution in [3.05, 3.63) is 29.8 Å². The molecular weight excluding hydrogens is 282 g/mol. The molecule has 1 saturated heterocycles. The third-order valence-electron chi connectivity index (χ3n) is 3.86. The minimum Gasteiger partial charge on any atom is -0.453 e. The quantitative estimate of drug-likeness (QED) is 0.550. The minimum atomic E-state index is -0.441. The van der Waals surface area contributed by atoms with Gasteiger partial charge in [-0.2, -0.15) is 0 Å². The van der Waals surface area contributed by atoms with Gasteiger partial charge in [0.05, 0.1) is 19.8 Å². The largest absolute Gasteiger partial charge is 0.453 e. The Morgan fingerprint density at radius 3 is 3.09 bits per heavy atom. The molecule has 1 aromatic carbocycles. The Balaban J connectivity index is 1.97. The van der Waals surface area contributed by atoms with E-state index in [4.69, 9.17) is 10.5 Å². The number of nitrogen functional groups attached to an aromatic ring is 1. The molecule has 0 radical (unpaired) electrons. The third kappa shape index (κ3) is 4.89. The summed E-state index contributed by atoms with van der Waals surface area (Å²) in [6.45, 7) is 2.85. The summed E-state index contributed by atoms with van der Waals surface area (Å²) in [6, 6.07) is 7.83. The molecule has 0 saturated carbocycles. The van der Waals surface area contributed by atoms with Gasteiger partial charge in [0.25, 0.3) is 0 Å². The number of carbonyl (C=O) groups is 1. The van der Waals surface area contributed by atoms with Gasteiger partial charge in [0.1, 0.15) is 0 Å². The van der Waals surface area contributed by atoms with E-state index < -0.39 is 6.09 Å². The van der Waals surface area contributed by atoms with Crippen LogP contribution in [-0.4, -0.2) is 39.4 Å². The molecule has 2 rings (SSSR count). The molecule has 0 aliphatic carbocycles. The smallest absolute Gasteiger partial charge is 0.406 e. The summed E-state index contributed by atoms with van der Waals surface area (Å²) in [5.74, 6) is 0.411. The predicted octanol–water partition coefficient (Wildman–Crippen LogP) is 1.68. The number of ether oxygens (including phenoxy) is 2. The van der Waals surface area contributed by atoms with E-state index in [2.05, 4.69) is 15.4 Å². The molecule has 0 bridgehead atoms. The maximum absolute atomic E-state index is 11.1. The van der Waals surface area contributed by atoms with Crippen molar-refractivity contribution in [2.24, 2.45) is 5.92 Å². The second kappa shape index (κ2) is 8.60. The van der Waals surface area contributed by atoms with Crippen LogP contribution in [0, 0.1) is 5.92 Å². The summed E-state index contributed by atoms with van der Waals surface area (Å²) in [7, 11) is 1.35. The van der Waals surface area contributed by atoms with Gasteiger partial charge in [0, 0.05) is 24.7 Å². The van der Waals surface area contributed by atoms with E-state index in [0.29, 0.717) is 19.1 Å². The Bertz CT molecular complexity index is 475. The number of amides is 1. The van der Waals surface area contributed by atoms with Crippen LogP contribution in [0.4, 0.5) is 10.5 Å². The Morgan fingerprint density at radius 2 is 2.41 bits per heavy atom. The van der Waals surface area contributed by atoms with Crippen LogP contribution in [0.2, 0.25) is 0 Å². The van der Waals surface area contributed by atoms with Crippen LogP contribution in [0.5, 0.6) is 0 Å². The summed E-state index contributed by atoms with van der Waals surface area (Å²) in [5, 5.41) is 6.04. The van der Waals surface area contributed by atoms with Gasteiger partial charge >= 0.3 is 6.09 Å². The maximum atomic E-state index is 11.1. The third-order valence-corrected chi connectivity index (χ3v) is 3.86. The van der Waals surface area contributed by atoms with Crippen molar-refractivity contribution >= 4 is 11.8 Å². The number of benzene rings is 1. The number of alkyl carbamates (subject to hydrolysis) is 1. The normalized spacial score (nSPS) is 19.4. The van der Waals surface area contributed by atoms with Crippen molar-refractivity contribution in [3.8, 4) is 0 Å². The lowest BCUT2D eigenvalue weighted by atomic mass is 9.89. The molecule has 122 valence electrons. The molecule has 0 unspecified atom stereocenters. The van der Waals surface area contributed by atoms with E-state index in [0.717, 1.165) is 37.2 Å². The molecule has 0 spiro atoms. The molecule has 2 atom stereocenters. The molecule has 1 aromatic rings. The standard InChI is InChI=1S/C16H25N3O3/c1-21-16(20)19-8-9-22-15(13-5-3-7-18-11-13)12-4-2-6-14(17)10-12/h2,4,6,10,13,15,18H,3,5,7-9,11,17H2,1H3,(H,19,20)/t13-,15+/m1/s1. The van der Waals surface area contributed by atoms with Crippen molar-refractivity contribution in [2.45, 2.75) is 18.9 Å². The van der Waals surface area contributed by atoms with Gasteiger partial charge in [-0.25, -0.2) is 4.79 Å². The lowest BCUT2D eigenvalue weighted by molar-refractivity contribution is 0.00478.